The van der Waals surface area contributed by atoms with Crippen LogP contribution in [0, 0.1) is 0 Å². The number of pyridine rings is 1. The first kappa shape index (κ1) is 22.7. The predicted molar refractivity (Wildman–Crippen MR) is 129 cm³/mol. The third-order valence-electron chi connectivity index (χ3n) is 5.20. The molecule has 2 N–H and O–H groups in total. The highest BCUT2D eigenvalue weighted by Crippen LogP contribution is 2.29. The van der Waals surface area contributed by atoms with Crippen molar-refractivity contribution in [2.75, 3.05) is 20.3 Å². The molecule has 0 unspecified atom stereocenters. The largest absolute Gasteiger partial charge is 0.497 e. The van der Waals surface area contributed by atoms with Gasteiger partial charge < -0.3 is 14.8 Å². The van der Waals surface area contributed by atoms with Crippen molar-refractivity contribution in [3.8, 4) is 17.0 Å². The Kier molecular flexibility index (Phi) is 6.68. The summed E-state index contributed by atoms with van der Waals surface area (Å²) in [5.74, 6) is -0.635. The number of ether oxygens (including phenoxy) is 2. The molecule has 0 saturated heterocycles. The second-order valence-corrected chi connectivity index (χ2v) is 7.48. The number of rotatable bonds is 6. The first-order chi connectivity index (χ1) is 16.5. The van der Waals surface area contributed by atoms with Gasteiger partial charge in [0.15, 0.2) is 6.61 Å². The van der Waals surface area contributed by atoms with Gasteiger partial charge in [0, 0.05) is 17.5 Å². The van der Waals surface area contributed by atoms with Gasteiger partial charge in [-0.15, -0.1) is 0 Å². The molecule has 34 heavy (non-hydrogen) atoms. The zero-order chi connectivity index (χ0) is 24.1. The summed E-state index contributed by atoms with van der Waals surface area (Å²) >= 11 is 0. The molecule has 0 saturated carbocycles. The molecule has 8 nitrogen and oxygen atoms in total. The Balaban J connectivity index is 1.64. The lowest BCUT2D eigenvalue weighted by Gasteiger charge is -2.11. The van der Waals surface area contributed by atoms with E-state index in [9.17, 15) is 14.4 Å². The van der Waals surface area contributed by atoms with Crippen LogP contribution in [0.4, 0.5) is 4.79 Å². The number of aromatic nitrogens is 1. The summed E-state index contributed by atoms with van der Waals surface area (Å²) in [5.41, 5.74) is 2.32. The third-order valence-corrected chi connectivity index (χ3v) is 5.20. The summed E-state index contributed by atoms with van der Waals surface area (Å²) in [6, 6.07) is 19.9. The van der Waals surface area contributed by atoms with E-state index < -0.39 is 24.5 Å². The number of esters is 1. The first-order valence-electron chi connectivity index (χ1n) is 10.7. The van der Waals surface area contributed by atoms with Gasteiger partial charge >= 0.3 is 12.0 Å². The minimum absolute atomic E-state index is 0.279. The molecule has 172 valence electrons. The van der Waals surface area contributed by atoms with Crippen LogP contribution in [0.25, 0.3) is 32.9 Å². The van der Waals surface area contributed by atoms with Crippen molar-refractivity contribution in [1.82, 2.24) is 15.6 Å². The molecule has 0 aliphatic rings. The minimum atomic E-state index is -0.720. The van der Waals surface area contributed by atoms with E-state index in [-0.39, 0.29) is 5.56 Å². The number of urea groups is 1. The lowest BCUT2D eigenvalue weighted by atomic mass is 10.0. The van der Waals surface area contributed by atoms with Crippen LogP contribution in [-0.2, 0) is 9.53 Å². The smallest absolute Gasteiger partial charge is 0.339 e. The maximum atomic E-state index is 12.9. The summed E-state index contributed by atoms with van der Waals surface area (Å²) in [6.45, 7) is 1.51. The van der Waals surface area contributed by atoms with Gasteiger partial charge in [-0.25, -0.2) is 14.6 Å². The maximum Gasteiger partial charge on any atom is 0.339 e. The summed E-state index contributed by atoms with van der Waals surface area (Å²) in [7, 11) is 1.62. The van der Waals surface area contributed by atoms with Crippen LogP contribution in [0.2, 0.25) is 0 Å². The normalized spacial score (nSPS) is 10.6. The monoisotopic (exact) mass is 457 g/mol. The Labute approximate surface area is 195 Å². The predicted octanol–water partition coefficient (Wildman–Crippen LogP) is 4.07. The fraction of sp³-hybridized carbons (Fsp3) is 0.154. The summed E-state index contributed by atoms with van der Waals surface area (Å²) in [6.07, 6.45) is 0. The molecule has 4 rings (SSSR count). The number of methoxy groups -OCH3 is 1. The molecule has 3 aromatic carbocycles. The molecule has 0 radical (unpaired) electrons. The Morgan fingerprint density at radius 2 is 1.71 bits per heavy atom. The van der Waals surface area contributed by atoms with Gasteiger partial charge in [-0.3, -0.25) is 10.1 Å². The molecule has 8 heteroatoms. The SMILES string of the molecule is CCNC(=O)NC(=O)COC(=O)c1cc(-c2ccc3cc(OC)ccc3c2)nc2ccccc12. The van der Waals surface area contributed by atoms with Crippen molar-refractivity contribution in [2.24, 2.45) is 0 Å². The highest BCUT2D eigenvalue weighted by atomic mass is 16.5. The Bertz CT molecular complexity index is 1400. The van der Waals surface area contributed by atoms with E-state index in [0.717, 1.165) is 22.1 Å². The molecular formula is C26H23N3O5. The van der Waals surface area contributed by atoms with E-state index in [4.69, 9.17) is 14.5 Å². The number of nitrogens with one attached hydrogen (secondary N) is 2. The van der Waals surface area contributed by atoms with Crippen molar-refractivity contribution >= 4 is 39.6 Å². The van der Waals surface area contributed by atoms with Crippen molar-refractivity contribution in [3.63, 3.8) is 0 Å². The number of carbonyl (C=O) groups excluding carboxylic acids is 3. The molecule has 0 fully saturated rings. The van der Waals surface area contributed by atoms with Crippen molar-refractivity contribution < 1.29 is 23.9 Å². The lowest BCUT2D eigenvalue weighted by molar-refractivity contribution is -0.123. The van der Waals surface area contributed by atoms with Crippen LogP contribution in [0.5, 0.6) is 5.75 Å². The standard InChI is InChI=1S/C26H23N3O5/c1-3-27-26(32)29-24(30)15-34-25(31)21-14-23(28-22-7-5-4-6-20(21)22)18-9-8-17-13-19(33-2)11-10-16(17)12-18/h4-14H,3,15H2,1-2H3,(H2,27,29,30,32). The van der Waals surface area contributed by atoms with Crippen LogP contribution in [0.15, 0.2) is 66.7 Å². The quantitative estimate of drug-likeness (QED) is 0.423. The molecule has 1 heterocycles. The average molecular weight is 457 g/mol. The molecule has 0 atom stereocenters. The number of fused-ring (bicyclic) bond motifs is 2. The van der Waals surface area contributed by atoms with Crippen LogP contribution in [0.3, 0.4) is 0 Å². The molecule has 1 aromatic heterocycles. The molecule has 0 aliphatic heterocycles. The summed E-state index contributed by atoms with van der Waals surface area (Å²) in [4.78, 5) is 41.0. The van der Waals surface area contributed by atoms with E-state index in [1.54, 1.807) is 32.2 Å². The van der Waals surface area contributed by atoms with Crippen LogP contribution in [0.1, 0.15) is 17.3 Å². The lowest BCUT2D eigenvalue weighted by Crippen LogP contribution is -2.41. The van der Waals surface area contributed by atoms with Gasteiger partial charge in [0.2, 0.25) is 0 Å². The Morgan fingerprint density at radius 1 is 0.941 bits per heavy atom. The first-order valence-corrected chi connectivity index (χ1v) is 10.7. The molecular weight excluding hydrogens is 434 g/mol. The summed E-state index contributed by atoms with van der Waals surface area (Å²) in [5, 5.41) is 7.16. The molecule has 0 aliphatic carbocycles. The van der Waals surface area contributed by atoms with E-state index in [1.165, 1.54) is 0 Å². The van der Waals surface area contributed by atoms with E-state index >= 15 is 0 Å². The Morgan fingerprint density at radius 3 is 2.50 bits per heavy atom. The van der Waals surface area contributed by atoms with Gasteiger partial charge in [0.1, 0.15) is 5.75 Å². The number of amides is 3. The zero-order valence-electron chi connectivity index (χ0n) is 18.8. The van der Waals surface area contributed by atoms with Gasteiger partial charge in [-0.05, 0) is 48.0 Å². The molecule has 3 amide bonds. The van der Waals surface area contributed by atoms with E-state index in [1.807, 2.05) is 48.5 Å². The topological polar surface area (TPSA) is 107 Å². The number of benzene rings is 3. The van der Waals surface area contributed by atoms with Gasteiger partial charge in [-0.2, -0.15) is 0 Å². The van der Waals surface area contributed by atoms with Crippen molar-refractivity contribution in [3.05, 3.63) is 72.3 Å². The number of hydrogen-bond acceptors (Lipinski definition) is 6. The van der Waals surface area contributed by atoms with Gasteiger partial charge in [0.25, 0.3) is 5.91 Å². The van der Waals surface area contributed by atoms with Crippen LogP contribution < -0.4 is 15.4 Å². The average Bonchev–Trinajstić information content (AvgIpc) is 2.86. The van der Waals surface area contributed by atoms with Crippen molar-refractivity contribution in [2.45, 2.75) is 6.92 Å². The van der Waals surface area contributed by atoms with Crippen LogP contribution >= 0.6 is 0 Å². The second kappa shape index (κ2) is 9.99. The van der Waals surface area contributed by atoms with E-state index in [0.29, 0.717) is 23.1 Å². The number of carbonyl (C=O) groups is 3. The van der Waals surface area contributed by atoms with Crippen LogP contribution in [-0.4, -0.2) is 43.2 Å². The highest BCUT2D eigenvalue weighted by molar-refractivity contribution is 6.05. The zero-order valence-corrected chi connectivity index (χ0v) is 18.8. The highest BCUT2D eigenvalue weighted by Gasteiger charge is 2.17. The van der Waals surface area contributed by atoms with Gasteiger partial charge in [-0.1, -0.05) is 36.4 Å². The fourth-order valence-electron chi connectivity index (χ4n) is 3.58. The van der Waals surface area contributed by atoms with Gasteiger partial charge in [0.05, 0.1) is 23.9 Å². The number of nitrogens with zero attached hydrogens (tertiary/aromatic N) is 1. The molecule has 0 spiro atoms. The number of para-hydroxylation sites is 1. The van der Waals surface area contributed by atoms with Crippen molar-refractivity contribution in [1.29, 1.82) is 0 Å². The maximum absolute atomic E-state index is 12.9. The molecule has 0 bridgehead atoms. The number of imide groups is 1. The fourth-order valence-corrected chi connectivity index (χ4v) is 3.58. The minimum Gasteiger partial charge on any atom is -0.497 e. The second-order valence-electron chi connectivity index (χ2n) is 7.48. The van der Waals surface area contributed by atoms with E-state index in [2.05, 4.69) is 10.6 Å². The Hall–Kier alpha value is -4.46. The molecule has 4 aromatic rings. The summed E-state index contributed by atoms with van der Waals surface area (Å²) < 4.78 is 10.5. The number of hydrogen-bond donors (Lipinski definition) is 2. The third kappa shape index (κ3) is 4.96.